The van der Waals surface area contributed by atoms with Gasteiger partial charge in [0, 0.05) is 6.54 Å². The molecule has 3 amide bonds. The zero-order valence-corrected chi connectivity index (χ0v) is 15.6. The lowest BCUT2D eigenvalue weighted by Crippen LogP contribution is -2.54. The van der Waals surface area contributed by atoms with Gasteiger partial charge in [-0.2, -0.15) is 0 Å². The van der Waals surface area contributed by atoms with E-state index in [-0.39, 0.29) is 25.7 Å². The number of benzene rings is 1. The first-order valence-electron chi connectivity index (χ1n) is 9.25. The van der Waals surface area contributed by atoms with E-state index in [1.54, 1.807) is 6.92 Å². The lowest BCUT2D eigenvalue weighted by Gasteiger charge is -2.28. The quantitative estimate of drug-likeness (QED) is 0.702. The monoisotopic (exact) mass is 389 g/mol. The topological polar surface area (TPSA) is 114 Å². The minimum atomic E-state index is -1.02. The molecule has 3 rings (SSSR count). The second-order valence-electron chi connectivity index (χ2n) is 6.61. The van der Waals surface area contributed by atoms with Crippen LogP contribution in [0.2, 0.25) is 0 Å². The van der Waals surface area contributed by atoms with Gasteiger partial charge in [0.2, 0.25) is 11.8 Å². The highest BCUT2D eigenvalue weighted by molar-refractivity contribution is 5.97. The van der Waals surface area contributed by atoms with Crippen LogP contribution in [-0.4, -0.2) is 60.1 Å². The summed E-state index contributed by atoms with van der Waals surface area (Å²) in [7, 11) is 0. The van der Waals surface area contributed by atoms with Crippen LogP contribution in [0.25, 0.3) is 0 Å². The molecule has 2 aliphatic heterocycles. The first-order chi connectivity index (χ1) is 13.5. The van der Waals surface area contributed by atoms with Gasteiger partial charge in [0.15, 0.2) is 0 Å². The van der Waals surface area contributed by atoms with Crippen LogP contribution in [0.15, 0.2) is 30.3 Å². The molecule has 28 heavy (non-hydrogen) atoms. The van der Waals surface area contributed by atoms with E-state index in [1.807, 2.05) is 30.3 Å². The minimum absolute atomic E-state index is 0.0533. The predicted molar refractivity (Wildman–Crippen MR) is 96.8 cm³/mol. The van der Waals surface area contributed by atoms with Gasteiger partial charge in [0.05, 0.1) is 6.61 Å². The summed E-state index contributed by atoms with van der Waals surface area (Å²) in [5.74, 6) is -1.39. The van der Waals surface area contributed by atoms with E-state index in [0.717, 1.165) is 5.56 Å². The molecule has 0 unspecified atom stereocenters. The van der Waals surface area contributed by atoms with Crippen LogP contribution in [0.4, 0.5) is 4.79 Å². The number of ether oxygens (including phenoxy) is 2. The number of nitrogens with zero attached hydrogens (tertiary/aromatic N) is 1. The molecule has 150 valence electrons. The Morgan fingerprint density at radius 2 is 1.93 bits per heavy atom. The number of hydrogen-bond acceptors (Lipinski definition) is 6. The summed E-state index contributed by atoms with van der Waals surface area (Å²) in [6, 6.07) is 6.52. The smallest absolute Gasteiger partial charge is 0.408 e. The molecule has 9 heteroatoms. The molecule has 0 spiro atoms. The van der Waals surface area contributed by atoms with Crippen molar-refractivity contribution in [3.8, 4) is 0 Å². The van der Waals surface area contributed by atoms with Gasteiger partial charge in [0.1, 0.15) is 24.7 Å². The highest BCUT2D eigenvalue weighted by Crippen LogP contribution is 2.27. The van der Waals surface area contributed by atoms with Gasteiger partial charge in [-0.3, -0.25) is 9.59 Å². The summed E-state index contributed by atoms with van der Waals surface area (Å²) in [5, 5.41) is 5.13. The van der Waals surface area contributed by atoms with E-state index < -0.39 is 36.1 Å². The normalized spacial score (nSPS) is 24.0. The van der Waals surface area contributed by atoms with E-state index in [2.05, 4.69) is 10.6 Å². The fourth-order valence-corrected chi connectivity index (χ4v) is 3.45. The Kier molecular flexibility index (Phi) is 6.13. The molecule has 1 aromatic rings. The van der Waals surface area contributed by atoms with Gasteiger partial charge < -0.3 is 25.0 Å². The molecule has 2 aliphatic rings. The number of nitrogens with one attached hydrogen (secondary N) is 2. The van der Waals surface area contributed by atoms with E-state index in [9.17, 15) is 19.2 Å². The van der Waals surface area contributed by atoms with Crippen molar-refractivity contribution >= 4 is 23.9 Å². The molecule has 0 aliphatic carbocycles. The number of amides is 3. The minimum Gasteiger partial charge on any atom is -0.464 e. The number of carbonyl (C=O) groups excluding carboxylic acids is 4. The molecule has 0 saturated carbocycles. The number of rotatable bonds is 5. The third-order valence-corrected chi connectivity index (χ3v) is 4.78. The maximum absolute atomic E-state index is 13.0. The van der Waals surface area contributed by atoms with Crippen LogP contribution in [0.5, 0.6) is 0 Å². The van der Waals surface area contributed by atoms with E-state index >= 15 is 0 Å². The average Bonchev–Trinajstić information content (AvgIpc) is 3.11. The van der Waals surface area contributed by atoms with Crippen molar-refractivity contribution in [2.45, 2.75) is 44.5 Å². The number of fused-ring (bicyclic) bond motifs is 1. The number of carbonyl (C=O) groups is 4. The number of alkyl carbamates (subject to hydrolysis) is 1. The maximum Gasteiger partial charge on any atom is 0.408 e. The summed E-state index contributed by atoms with van der Waals surface area (Å²) < 4.78 is 10.2. The van der Waals surface area contributed by atoms with Gasteiger partial charge >= 0.3 is 12.1 Å². The molecule has 3 atom stereocenters. The summed E-state index contributed by atoms with van der Waals surface area (Å²) in [5.41, 5.74) is 0.806. The SMILES string of the molecule is CCOC(=O)[C@@H]1CC[C@@H]2C(=O)NC[C@H](NC(=O)OCc3ccccc3)C(=O)N21. The van der Waals surface area contributed by atoms with Crippen molar-refractivity contribution in [1.82, 2.24) is 15.5 Å². The molecule has 0 aromatic heterocycles. The lowest BCUT2D eigenvalue weighted by atomic mass is 10.2. The highest BCUT2D eigenvalue weighted by atomic mass is 16.5. The summed E-state index contributed by atoms with van der Waals surface area (Å²) in [4.78, 5) is 50.8. The second-order valence-corrected chi connectivity index (χ2v) is 6.61. The van der Waals surface area contributed by atoms with Gasteiger partial charge in [-0.25, -0.2) is 9.59 Å². The Hall–Kier alpha value is -3.10. The Balaban J connectivity index is 1.66. The van der Waals surface area contributed by atoms with Gasteiger partial charge in [-0.05, 0) is 25.3 Å². The van der Waals surface area contributed by atoms with E-state index in [4.69, 9.17) is 9.47 Å². The maximum atomic E-state index is 13.0. The zero-order valence-electron chi connectivity index (χ0n) is 15.6. The standard InChI is InChI=1S/C19H23N3O6/c1-2-27-18(25)15-9-8-14-16(23)20-10-13(17(24)22(14)15)21-19(26)28-11-12-6-4-3-5-7-12/h3-7,13-15H,2,8-11H2,1H3,(H,20,23)(H,21,26)/t13-,14+,15-/m0/s1. The molecule has 9 nitrogen and oxygen atoms in total. The molecule has 2 fully saturated rings. The van der Waals surface area contributed by atoms with Crippen LogP contribution in [0.1, 0.15) is 25.3 Å². The second kappa shape index (κ2) is 8.73. The molecular formula is C19H23N3O6. The summed E-state index contributed by atoms with van der Waals surface area (Å²) >= 11 is 0. The molecule has 2 saturated heterocycles. The fraction of sp³-hybridized carbons (Fsp3) is 0.474. The van der Waals surface area contributed by atoms with Crippen molar-refractivity contribution in [2.75, 3.05) is 13.2 Å². The third-order valence-electron chi connectivity index (χ3n) is 4.78. The van der Waals surface area contributed by atoms with E-state index in [1.165, 1.54) is 4.90 Å². The van der Waals surface area contributed by atoms with Crippen molar-refractivity contribution < 1.29 is 28.7 Å². The largest absolute Gasteiger partial charge is 0.464 e. The number of hydrogen-bond donors (Lipinski definition) is 2. The van der Waals surface area contributed by atoms with Crippen LogP contribution in [0.3, 0.4) is 0 Å². The Bertz CT molecular complexity index is 753. The number of esters is 1. The van der Waals surface area contributed by atoms with Crippen molar-refractivity contribution in [3.05, 3.63) is 35.9 Å². The van der Waals surface area contributed by atoms with Crippen LogP contribution in [-0.2, 0) is 30.5 Å². The van der Waals surface area contributed by atoms with Crippen molar-refractivity contribution in [1.29, 1.82) is 0 Å². The average molecular weight is 389 g/mol. The molecule has 1 aromatic carbocycles. The van der Waals surface area contributed by atoms with Crippen molar-refractivity contribution in [2.24, 2.45) is 0 Å². The van der Waals surface area contributed by atoms with Gasteiger partial charge in [-0.15, -0.1) is 0 Å². The zero-order chi connectivity index (χ0) is 20.1. The predicted octanol–water partition coefficient (Wildman–Crippen LogP) is 0.334. The molecule has 2 heterocycles. The molecule has 0 bridgehead atoms. The molecule has 0 radical (unpaired) electrons. The highest BCUT2D eigenvalue weighted by Gasteiger charge is 2.48. The first kappa shape index (κ1) is 19.7. The molecule has 2 N–H and O–H groups in total. The summed E-state index contributed by atoms with van der Waals surface area (Å²) in [6.07, 6.45) is -0.0677. The molecular weight excluding hydrogens is 366 g/mol. The van der Waals surface area contributed by atoms with Crippen LogP contribution in [0, 0.1) is 0 Å². The Labute approximate surface area is 162 Å². The van der Waals surface area contributed by atoms with Crippen LogP contribution >= 0.6 is 0 Å². The first-order valence-corrected chi connectivity index (χ1v) is 9.25. The summed E-state index contributed by atoms with van der Waals surface area (Å²) in [6.45, 7) is 1.84. The lowest BCUT2D eigenvalue weighted by molar-refractivity contribution is -0.155. The Morgan fingerprint density at radius 1 is 1.18 bits per heavy atom. The fourth-order valence-electron chi connectivity index (χ4n) is 3.45. The van der Waals surface area contributed by atoms with E-state index in [0.29, 0.717) is 12.8 Å². The third kappa shape index (κ3) is 4.24. The Morgan fingerprint density at radius 3 is 2.64 bits per heavy atom. The van der Waals surface area contributed by atoms with Gasteiger partial charge in [-0.1, -0.05) is 30.3 Å². The van der Waals surface area contributed by atoms with Gasteiger partial charge in [0.25, 0.3) is 0 Å². The van der Waals surface area contributed by atoms with Crippen LogP contribution < -0.4 is 10.6 Å². The van der Waals surface area contributed by atoms with Crippen molar-refractivity contribution in [3.63, 3.8) is 0 Å².